The minimum atomic E-state index is -0.702. The molecule has 1 saturated heterocycles. The van der Waals surface area contributed by atoms with E-state index < -0.39 is 5.60 Å². The number of piperidine rings is 1. The molecular formula is C14H20BrClN2O2. The number of halogens is 2. The Hall–Kier alpha value is -0.620. The van der Waals surface area contributed by atoms with Gasteiger partial charge in [0.05, 0.1) is 0 Å². The molecule has 2 N–H and O–H groups in total. The highest BCUT2D eigenvalue weighted by molar-refractivity contribution is 9.10. The average Bonchev–Trinajstić information content (AvgIpc) is 2.43. The van der Waals surface area contributed by atoms with Crippen LogP contribution < -0.4 is 10.6 Å². The molecule has 6 heteroatoms. The number of methoxy groups -OCH3 is 1. The second-order valence-electron chi connectivity index (χ2n) is 4.87. The molecule has 0 atom stereocenters. The number of ether oxygens (including phenoxy) is 1. The van der Waals surface area contributed by atoms with E-state index in [9.17, 15) is 4.79 Å². The van der Waals surface area contributed by atoms with Crippen molar-refractivity contribution < 1.29 is 9.53 Å². The van der Waals surface area contributed by atoms with E-state index in [2.05, 4.69) is 26.6 Å². The smallest absolute Gasteiger partial charge is 0.256 e. The van der Waals surface area contributed by atoms with E-state index in [0.717, 1.165) is 28.8 Å². The van der Waals surface area contributed by atoms with Gasteiger partial charge in [0.15, 0.2) is 0 Å². The van der Waals surface area contributed by atoms with Gasteiger partial charge in [-0.15, -0.1) is 12.4 Å². The van der Waals surface area contributed by atoms with E-state index in [-0.39, 0.29) is 18.3 Å². The van der Waals surface area contributed by atoms with E-state index in [1.807, 2.05) is 25.1 Å². The van der Waals surface area contributed by atoms with Crippen molar-refractivity contribution in [1.82, 2.24) is 5.32 Å². The Labute approximate surface area is 134 Å². The van der Waals surface area contributed by atoms with Gasteiger partial charge in [-0.05, 0) is 56.6 Å². The normalized spacial score (nSPS) is 17.1. The highest BCUT2D eigenvalue weighted by Crippen LogP contribution is 2.26. The zero-order chi connectivity index (χ0) is 13.9. The molecule has 0 unspecified atom stereocenters. The SMILES string of the molecule is COC1(C(=O)Nc2ccc(Br)c(C)c2)CCNCC1.Cl. The summed E-state index contributed by atoms with van der Waals surface area (Å²) >= 11 is 3.45. The lowest BCUT2D eigenvalue weighted by Gasteiger charge is -2.34. The molecule has 112 valence electrons. The summed E-state index contributed by atoms with van der Waals surface area (Å²) in [5, 5.41) is 6.20. The topological polar surface area (TPSA) is 50.4 Å². The van der Waals surface area contributed by atoms with Crippen molar-refractivity contribution in [3.63, 3.8) is 0 Å². The highest BCUT2D eigenvalue weighted by atomic mass is 79.9. The van der Waals surface area contributed by atoms with Gasteiger partial charge in [0, 0.05) is 17.3 Å². The van der Waals surface area contributed by atoms with E-state index in [4.69, 9.17) is 4.74 Å². The van der Waals surface area contributed by atoms with Gasteiger partial charge in [-0.25, -0.2) is 0 Å². The summed E-state index contributed by atoms with van der Waals surface area (Å²) in [5.41, 5.74) is 1.20. The fourth-order valence-electron chi connectivity index (χ4n) is 2.32. The number of hydrogen-bond donors (Lipinski definition) is 2. The summed E-state index contributed by atoms with van der Waals surface area (Å²) in [5.74, 6) is -0.0572. The number of rotatable bonds is 3. The number of hydrogen-bond acceptors (Lipinski definition) is 3. The minimum absolute atomic E-state index is 0. The van der Waals surface area contributed by atoms with Crippen LogP contribution >= 0.6 is 28.3 Å². The van der Waals surface area contributed by atoms with Crippen molar-refractivity contribution in [3.05, 3.63) is 28.2 Å². The molecule has 1 aliphatic heterocycles. The van der Waals surface area contributed by atoms with Gasteiger partial charge < -0.3 is 15.4 Å². The first kappa shape index (κ1) is 17.4. The second-order valence-corrected chi connectivity index (χ2v) is 5.72. The minimum Gasteiger partial charge on any atom is -0.368 e. The Morgan fingerprint density at radius 3 is 2.60 bits per heavy atom. The molecule has 4 nitrogen and oxygen atoms in total. The summed E-state index contributed by atoms with van der Waals surface area (Å²) in [7, 11) is 1.61. The molecule has 1 aromatic carbocycles. The Morgan fingerprint density at radius 2 is 2.05 bits per heavy atom. The Morgan fingerprint density at radius 1 is 1.40 bits per heavy atom. The molecule has 0 radical (unpaired) electrons. The van der Waals surface area contributed by atoms with Gasteiger partial charge in [-0.2, -0.15) is 0 Å². The first-order valence-electron chi connectivity index (χ1n) is 6.41. The molecule has 1 aromatic rings. The number of aryl methyl sites for hydroxylation is 1. The lowest BCUT2D eigenvalue weighted by Crippen LogP contribution is -2.51. The van der Waals surface area contributed by atoms with Gasteiger partial charge in [0.1, 0.15) is 5.60 Å². The lowest BCUT2D eigenvalue weighted by atomic mass is 9.91. The summed E-state index contributed by atoms with van der Waals surface area (Å²) in [6.45, 7) is 3.61. The van der Waals surface area contributed by atoms with E-state index in [0.29, 0.717) is 12.8 Å². The summed E-state index contributed by atoms with van der Waals surface area (Å²) in [4.78, 5) is 12.4. The van der Waals surface area contributed by atoms with Crippen molar-refractivity contribution >= 4 is 39.9 Å². The van der Waals surface area contributed by atoms with Crippen LogP contribution in [0, 0.1) is 6.92 Å². The van der Waals surface area contributed by atoms with Crippen LogP contribution in [0.25, 0.3) is 0 Å². The molecule has 0 saturated carbocycles. The fourth-order valence-corrected chi connectivity index (χ4v) is 2.57. The third-order valence-corrected chi connectivity index (χ3v) is 4.52. The molecule has 0 spiro atoms. The van der Waals surface area contributed by atoms with Gasteiger partial charge in [-0.1, -0.05) is 15.9 Å². The molecule has 1 amide bonds. The third-order valence-electron chi connectivity index (χ3n) is 3.63. The lowest BCUT2D eigenvalue weighted by molar-refractivity contribution is -0.140. The molecule has 20 heavy (non-hydrogen) atoms. The van der Waals surface area contributed by atoms with Gasteiger partial charge >= 0.3 is 0 Å². The third kappa shape index (κ3) is 3.73. The predicted molar refractivity (Wildman–Crippen MR) is 86.6 cm³/mol. The van der Waals surface area contributed by atoms with Gasteiger partial charge in [0.25, 0.3) is 5.91 Å². The van der Waals surface area contributed by atoms with Crippen molar-refractivity contribution in [2.24, 2.45) is 0 Å². The van der Waals surface area contributed by atoms with Gasteiger partial charge in [0.2, 0.25) is 0 Å². The Kier molecular flexibility index (Phi) is 6.45. The molecule has 0 aromatic heterocycles. The standard InChI is InChI=1S/C14H19BrN2O2.ClH/c1-10-9-11(3-4-12(10)15)17-13(18)14(19-2)5-7-16-8-6-14;/h3-4,9,16H,5-8H2,1-2H3,(H,17,18);1H. The van der Waals surface area contributed by atoms with Crippen LogP contribution in [0.2, 0.25) is 0 Å². The number of amides is 1. The maximum Gasteiger partial charge on any atom is 0.256 e. The van der Waals surface area contributed by atoms with Crippen molar-refractivity contribution in [2.75, 3.05) is 25.5 Å². The summed E-state index contributed by atoms with van der Waals surface area (Å²) in [6.07, 6.45) is 1.40. The van der Waals surface area contributed by atoms with Crippen LogP contribution in [-0.4, -0.2) is 31.7 Å². The van der Waals surface area contributed by atoms with Crippen LogP contribution in [0.1, 0.15) is 18.4 Å². The Bertz CT molecular complexity index is 476. The van der Waals surface area contributed by atoms with Crippen molar-refractivity contribution in [3.8, 4) is 0 Å². The van der Waals surface area contributed by atoms with E-state index in [1.54, 1.807) is 7.11 Å². The number of anilines is 1. The first-order valence-corrected chi connectivity index (χ1v) is 7.20. The Balaban J connectivity index is 0.00000200. The molecule has 1 aliphatic rings. The van der Waals surface area contributed by atoms with Gasteiger partial charge in [-0.3, -0.25) is 4.79 Å². The summed E-state index contributed by atoms with van der Waals surface area (Å²) in [6, 6.07) is 5.78. The maximum absolute atomic E-state index is 12.4. The zero-order valence-corrected chi connectivity index (χ0v) is 14.1. The number of carbonyl (C=O) groups is 1. The molecular weight excluding hydrogens is 344 g/mol. The largest absolute Gasteiger partial charge is 0.368 e. The monoisotopic (exact) mass is 362 g/mol. The number of benzene rings is 1. The second kappa shape index (κ2) is 7.41. The van der Waals surface area contributed by atoms with E-state index >= 15 is 0 Å². The molecule has 0 aliphatic carbocycles. The van der Waals surface area contributed by atoms with Crippen LogP contribution in [0.5, 0.6) is 0 Å². The molecule has 2 rings (SSSR count). The van der Waals surface area contributed by atoms with Crippen LogP contribution in [0.3, 0.4) is 0 Å². The maximum atomic E-state index is 12.4. The van der Waals surface area contributed by atoms with Crippen LogP contribution in [0.4, 0.5) is 5.69 Å². The fraction of sp³-hybridized carbons (Fsp3) is 0.500. The summed E-state index contributed by atoms with van der Waals surface area (Å²) < 4.78 is 6.54. The first-order chi connectivity index (χ1) is 9.07. The molecule has 1 heterocycles. The highest BCUT2D eigenvalue weighted by Gasteiger charge is 2.39. The number of nitrogens with one attached hydrogen (secondary N) is 2. The van der Waals surface area contributed by atoms with Crippen LogP contribution in [0.15, 0.2) is 22.7 Å². The zero-order valence-electron chi connectivity index (χ0n) is 11.7. The number of carbonyl (C=O) groups excluding carboxylic acids is 1. The van der Waals surface area contributed by atoms with Crippen LogP contribution in [-0.2, 0) is 9.53 Å². The molecule has 0 bridgehead atoms. The quantitative estimate of drug-likeness (QED) is 0.868. The van der Waals surface area contributed by atoms with Crippen molar-refractivity contribution in [2.45, 2.75) is 25.4 Å². The van der Waals surface area contributed by atoms with E-state index in [1.165, 1.54) is 0 Å². The average molecular weight is 364 g/mol. The van der Waals surface area contributed by atoms with Crippen molar-refractivity contribution in [1.29, 1.82) is 0 Å². The predicted octanol–water partition coefficient (Wildman–Crippen LogP) is 2.89. The molecule has 1 fully saturated rings.